The second kappa shape index (κ2) is 6.96. The van der Waals surface area contributed by atoms with Crippen molar-refractivity contribution in [2.45, 2.75) is 13.1 Å². The molecule has 29 heavy (non-hydrogen) atoms. The van der Waals surface area contributed by atoms with Crippen LogP contribution in [0.2, 0.25) is 0 Å². The van der Waals surface area contributed by atoms with Crippen LogP contribution in [-0.2, 0) is 13.1 Å². The van der Waals surface area contributed by atoms with Crippen LogP contribution in [0, 0.1) is 11.3 Å². The number of carbonyl (C=O) groups excluding carboxylic acids is 1. The smallest absolute Gasteiger partial charge is 0.281 e. The van der Waals surface area contributed by atoms with Gasteiger partial charge in [0.25, 0.3) is 11.8 Å². The number of thiophene rings is 1. The summed E-state index contributed by atoms with van der Waals surface area (Å²) >= 11 is 1.53. The van der Waals surface area contributed by atoms with Gasteiger partial charge in [0.1, 0.15) is 0 Å². The lowest BCUT2D eigenvalue weighted by molar-refractivity contribution is 0.0684. The van der Waals surface area contributed by atoms with Gasteiger partial charge < -0.3 is 9.42 Å². The number of amides is 1. The summed E-state index contributed by atoms with van der Waals surface area (Å²) in [4.78, 5) is 19.2. The van der Waals surface area contributed by atoms with Crippen LogP contribution in [0.4, 0.5) is 0 Å². The van der Waals surface area contributed by atoms with E-state index in [0.29, 0.717) is 36.7 Å². The fourth-order valence-corrected chi connectivity index (χ4v) is 3.87. The van der Waals surface area contributed by atoms with Crippen molar-refractivity contribution in [1.82, 2.24) is 30.0 Å². The summed E-state index contributed by atoms with van der Waals surface area (Å²) in [5.74, 6) is 0.388. The van der Waals surface area contributed by atoms with E-state index < -0.39 is 0 Å². The summed E-state index contributed by atoms with van der Waals surface area (Å²) in [6.07, 6.45) is 0. The van der Waals surface area contributed by atoms with Gasteiger partial charge in [0.2, 0.25) is 5.82 Å². The zero-order valence-corrected chi connectivity index (χ0v) is 15.8. The largest absolute Gasteiger partial charge is 0.332 e. The number of rotatable bonds is 4. The van der Waals surface area contributed by atoms with Crippen molar-refractivity contribution < 1.29 is 9.32 Å². The highest BCUT2D eigenvalue weighted by Crippen LogP contribution is 2.27. The van der Waals surface area contributed by atoms with Crippen LogP contribution in [-0.4, -0.2) is 42.5 Å². The Morgan fingerprint density at radius 1 is 1.28 bits per heavy atom. The highest BCUT2D eigenvalue weighted by molar-refractivity contribution is 7.08. The average Bonchev–Trinajstić information content (AvgIpc) is 3.50. The normalized spacial score (nSPS) is 13.3. The Bertz CT molecular complexity index is 1240. The molecule has 9 nitrogen and oxygen atoms in total. The van der Waals surface area contributed by atoms with Gasteiger partial charge in [0.15, 0.2) is 11.4 Å². The Hall–Kier alpha value is -3.84. The van der Waals surface area contributed by atoms with E-state index in [1.807, 2.05) is 29.0 Å². The molecule has 1 amide bonds. The lowest BCUT2D eigenvalue weighted by Crippen LogP contribution is -2.40. The van der Waals surface area contributed by atoms with Crippen molar-refractivity contribution in [2.24, 2.45) is 0 Å². The maximum atomic E-state index is 13.1. The molecule has 0 aliphatic carbocycles. The molecule has 0 saturated heterocycles. The zero-order valence-electron chi connectivity index (χ0n) is 15.0. The first-order valence-electron chi connectivity index (χ1n) is 8.81. The van der Waals surface area contributed by atoms with Crippen molar-refractivity contribution in [3.05, 3.63) is 57.9 Å². The third-order valence-electron chi connectivity index (χ3n) is 4.64. The quantitative estimate of drug-likeness (QED) is 0.514. The highest BCUT2D eigenvalue weighted by atomic mass is 32.1. The van der Waals surface area contributed by atoms with Gasteiger partial charge in [-0.3, -0.25) is 4.79 Å². The molecule has 0 bridgehead atoms. The molecule has 4 heterocycles. The molecule has 142 valence electrons. The maximum Gasteiger partial charge on any atom is 0.281 e. The highest BCUT2D eigenvalue weighted by Gasteiger charge is 2.32. The van der Waals surface area contributed by atoms with Crippen molar-refractivity contribution in [2.75, 3.05) is 6.54 Å². The van der Waals surface area contributed by atoms with E-state index >= 15 is 0 Å². The minimum atomic E-state index is -0.214. The molecule has 1 aliphatic heterocycles. The zero-order chi connectivity index (χ0) is 19.8. The van der Waals surface area contributed by atoms with Crippen molar-refractivity contribution in [3.63, 3.8) is 0 Å². The molecule has 0 N–H and O–H groups in total. The molecule has 5 rings (SSSR count). The van der Waals surface area contributed by atoms with Gasteiger partial charge in [-0.25, -0.2) is 4.68 Å². The third kappa shape index (κ3) is 3.07. The van der Waals surface area contributed by atoms with Crippen molar-refractivity contribution >= 4 is 17.2 Å². The molecule has 4 aromatic rings. The molecule has 0 unspecified atom stereocenters. The summed E-state index contributed by atoms with van der Waals surface area (Å²) in [7, 11) is 0. The number of hydrogen-bond donors (Lipinski definition) is 0. The van der Waals surface area contributed by atoms with Gasteiger partial charge in [0, 0.05) is 24.0 Å². The van der Waals surface area contributed by atoms with Crippen LogP contribution in [0.5, 0.6) is 0 Å². The van der Waals surface area contributed by atoms with Crippen LogP contribution in [0.15, 0.2) is 45.6 Å². The van der Waals surface area contributed by atoms with Gasteiger partial charge >= 0.3 is 0 Å². The molecule has 0 fully saturated rings. The molecular weight excluding hydrogens is 390 g/mol. The van der Waals surface area contributed by atoms with Gasteiger partial charge in [-0.15, -0.1) is 5.10 Å². The lowest BCUT2D eigenvalue weighted by atomic mass is 10.1. The molecule has 3 aromatic heterocycles. The second-order valence-corrected chi connectivity index (χ2v) is 7.26. The molecule has 0 saturated carbocycles. The van der Waals surface area contributed by atoms with Crippen LogP contribution in [0.25, 0.3) is 23.0 Å². The van der Waals surface area contributed by atoms with E-state index in [0.717, 1.165) is 11.1 Å². The van der Waals surface area contributed by atoms with E-state index in [2.05, 4.69) is 26.5 Å². The van der Waals surface area contributed by atoms with Crippen LogP contribution in [0.3, 0.4) is 0 Å². The molecule has 0 atom stereocenters. The SMILES string of the molecule is N#Cc1cccc(CN2CCn3nnc(-c4nc(-c5ccsc5)no4)c3C2=O)c1. The maximum absolute atomic E-state index is 13.1. The first-order valence-corrected chi connectivity index (χ1v) is 9.75. The van der Waals surface area contributed by atoms with Crippen molar-refractivity contribution in [1.29, 1.82) is 5.26 Å². The molecule has 10 heteroatoms. The first-order chi connectivity index (χ1) is 14.2. The number of aromatic nitrogens is 5. The molecule has 1 aliphatic rings. The third-order valence-corrected chi connectivity index (χ3v) is 5.33. The minimum Gasteiger partial charge on any atom is -0.332 e. The number of benzene rings is 1. The van der Waals surface area contributed by atoms with Gasteiger partial charge in [-0.05, 0) is 29.1 Å². The summed E-state index contributed by atoms with van der Waals surface area (Å²) in [6.45, 7) is 1.40. The van der Waals surface area contributed by atoms with E-state index in [-0.39, 0.29) is 17.5 Å². The van der Waals surface area contributed by atoms with Crippen LogP contribution < -0.4 is 0 Å². The second-order valence-electron chi connectivity index (χ2n) is 6.48. The Labute approximate surface area is 168 Å². The van der Waals surface area contributed by atoms with Crippen LogP contribution in [0.1, 0.15) is 21.6 Å². The Morgan fingerprint density at radius 2 is 2.21 bits per heavy atom. The predicted molar refractivity (Wildman–Crippen MR) is 103 cm³/mol. The van der Waals surface area contributed by atoms with Crippen molar-refractivity contribution in [3.8, 4) is 29.0 Å². The van der Waals surface area contributed by atoms with Crippen LogP contribution >= 0.6 is 11.3 Å². The van der Waals surface area contributed by atoms with Gasteiger partial charge in [0.05, 0.1) is 18.2 Å². The van der Waals surface area contributed by atoms with Gasteiger partial charge in [-0.1, -0.05) is 22.5 Å². The van der Waals surface area contributed by atoms with Gasteiger partial charge in [-0.2, -0.15) is 21.6 Å². The summed E-state index contributed by atoms with van der Waals surface area (Å²) in [5.41, 5.74) is 2.90. The monoisotopic (exact) mass is 403 g/mol. The van der Waals surface area contributed by atoms with E-state index in [9.17, 15) is 4.79 Å². The standard InChI is InChI=1S/C19H13N7O2S/c20-9-12-2-1-3-13(8-12)10-25-5-6-26-16(19(25)27)15(22-24-26)18-21-17(23-28-18)14-4-7-29-11-14/h1-4,7-8,11H,5-6,10H2. The van der Waals surface area contributed by atoms with E-state index in [4.69, 9.17) is 9.78 Å². The van der Waals surface area contributed by atoms with E-state index in [1.54, 1.807) is 21.7 Å². The minimum absolute atomic E-state index is 0.161. The molecule has 1 aromatic carbocycles. The Balaban J connectivity index is 1.45. The molecule has 0 radical (unpaired) electrons. The average molecular weight is 403 g/mol. The fraction of sp³-hybridized carbons (Fsp3) is 0.158. The first kappa shape index (κ1) is 17.3. The lowest BCUT2D eigenvalue weighted by Gasteiger charge is -2.27. The predicted octanol–water partition coefficient (Wildman–Crippen LogP) is 2.58. The number of hydrogen-bond acceptors (Lipinski definition) is 8. The summed E-state index contributed by atoms with van der Waals surface area (Å²) in [6, 6.07) is 11.2. The summed E-state index contributed by atoms with van der Waals surface area (Å²) in [5, 5.41) is 25.1. The fourth-order valence-electron chi connectivity index (χ4n) is 3.23. The van der Waals surface area contributed by atoms with E-state index in [1.165, 1.54) is 11.3 Å². The number of nitrogens with zero attached hydrogens (tertiary/aromatic N) is 7. The Morgan fingerprint density at radius 3 is 3.03 bits per heavy atom. The molecule has 0 spiro atoms. The number of nitriles is 1. The Kier molecular flexibility index (Phi) is 4.14. The number of carbonyl (C=O) groups is 1. The summed E-state index contributed by atoms with van der Waals surface area (Å²) < 4.78 is 6.92. The number of fused-ring (bicyclic) bond motifs is 1. The topological polar surface area (TPSA) is 114 Å². The molecular formula is C19H13N7O2S.